The van der Waals surface area contributed by atoms with Gasteiger partial charge in [0.1, 0.15) is 10.9 Å². The molecule has 9 heteroatoms. The summed E-state index contributed by atoms with van der Waals surface area (Å²) in [5, 5.41) is 8.95. The summed E-state index contributed by atoms with van der Waals surface area (Å²) in [6.45, 7) is 3.43. The summed E-state index contributed by atoms with van der Waals surface area (Å²) in [5.74, 6) is -2.06. The smallest absolute Gasteiger partial charge is 0.323 e. The average Bonchev–Trinajstić information content (AvgIpc) is 2.96. The number of aliphatic carboxylic acids is 1. The zero-order valence-corrected chi connectivity index (χ0v) is 15.9. The van der Waals surface area contributed by atoms with Gasteiger partial charge in [0.25, 0.3) is 11.8 Å². The second-order valence-electron chi connectivity index (χ2n) is 5.22. The van der Waals surface area contributed by atoms with Gasteiger partial charge in [0.2, 0.25) is 0 Å². The Morgan fingerprint density at radius 1 is 1.32 bits per heavy atom. The molecule has 0 radical (unpaired) electrons. The van der Waals surface area contributed by atoms with Gasteiger partial charge in [0, 0.05) is 16.6 Å². The van der Waals surface area contributed by atoms with Crippen LogP contribution in [0.15, 0.2) is 40.2 Å². The zero-order chi connectivity index (χ0) is 18.3. The number of halogens is 1. The molecular weight excluding hydrogens is 428 g/mol. The number of thiocarbonyl (C=S) groups is 1. The van der Waals surface area contributed by atoms with Crippen molar-refractivity contribution in [2.75, 3.05) is 18.0 Å². The van der Waals surface area contributed by atoms with Gasteiger partial charge in [-0.25, -0.2) is 0 Å². The maximum atomic E-state index is 12.9. The summed E-state index contributed by atoms with van der Waals surface area (Å²) in [4.78, 5) is 39.1. The van der Waals surface area contributed by atoms with Crippen LogP contribution in [0, 0.1) is 0 Å². The molecule has 128 valence electrons. The molecule has 1 N–H and O–H groups in total. The van der Waals surface area contributed by atoms with E-state index in [-0.39, 0.29) is 20.7 Å². The Balaban J connectivity index is 2.15. The monoisotopic (exact) mass is 438 g/mol. The third-order valence-corrected chi connectivity index (χ3v) is 5.60. The molecule has 0 saturated carbocycles. The van der Waals surface area contributed by atoms with Gasteiger partial charge < -0.3 is 10.0 Å². The Labute approximate surface area is 161 Å². The Bertz CT molecular complexity index is 881. The van der Waals surface area contributed by atoms with Gasteiger partial charge in [-0.05, 0) is 18.2 Å². The number of rotatable bonds is 4. The molecule has 0 aromatic heterocycles. The molecule has 1 fully saturated rings. The molecule has 0 bridgehead atoms. The van der Waals surface area contributed by atoms with E-state index in [2.05, 4.69) is 22.5 Å². The second-order valence-corrected chi connectivity index (χ2v) is 7.78. The van der Waals surface area contributed by atoms with Gasteiger partial charge >= 0.3 is 5.97 Å². The number of carbonyl (C=O) groups excluding carboxylic acids is 2. The Morgan fingerprint density at radius 2 is 2.04 bits per heavy atom. The molecular formula is C16H11BrN2O4S2. The summed E-state index contributed by atoms with van der Waals surface area (Å²) in [7, 11) is 0. The standard InChI is InChI=1S/C16H11BrN2O4S2/c1-2-5-18-10-4-3-8(17)6-9(10)12(14(18)22)13-15(23)19(7-11(20)21)16(24)25-13/h2-4,6H,1,5,7H2,(H,20,21)/b13-12+. The molecule has 2 heterocycles. The Hall–Kier alpha value is -1.97. The summed E-state index contributed by atoms with van der Waals surface area (Å²) in [6.07, 6.45) is 1.60. The van der Waals surface area contributed by atoms with Gasteiger partial charge in [-0.2, -0.15) is 0 Å². The van der Waals surface area contributed by atoms with Crippen LogP contribution in [0.1, 0.15) is 5.56 Å². The van der Waals surface area contributed by atoms with E-state index < -0.39 is 18.4 Å². The lowest BCUT2D eigenvalue weighted by atomic mass is 10.1. The quantitative estimate of drug-likeness (QED) is 0.442. The van der Waals surface area contributed by atoms with Crippen LogP contribution in [0.4, 0.5) is 5.69 Å². The van der Waals surface area contributed by atoms with Crippen molar-refractivity contribution >= 4 is 73.3 Å². The van der Waals surface area contributed by atoms with Crippen LogP contribution in [-0.4, -0.2) is 45.2 Å². The van der Waals surface area contributed by atoms with Crippen LogP contribution >= 0.6 is 39.9 Å². The molecule has 0 unspecified atom stereocenters. The van der Waals surface area contributed by atoms with Crippen molar-refractivity contribution < 1.29 is 19.5 Å². The molecule has 25 heavy (non-hydrogen) atoms. The largest absolute Gasteiger partial charge is 0.480 e. The fraction of sp³-hybridized carbons (Fsp3) is 0.125. The van der Waals surface area contributed by atoms with Crippen molar-refractivity contribution in [3.63, 3.8) is 0 Å². The summed E-state index contributed by atoms with van der Waals surface area (Å²) in [5.41, 5.74) is 1.52. The van der Waals surface area contributed by atoms with E-state index in [1.807, 2.05) is 0 Å². The lowest BCUT2D eigenvalue weighted by Crippen LogP contribution is -2.33. The van der Waals surface area contributed by atoms with Crippen molar-refractivity contribution in [2.45, 2.75) is 0 Å². The van der Waals surface area contributed by atoms with Crippen LogP contribution in [0.3, 0.4) is 0 Å². The minimum atomic E-state index is -1.17. The van der Waals surface area contributed by atoms with Gasteiger partial charge in [0.15, 0.2) is 0 Å². The van der Waals surface area contributed by atoms with E-state index in [1.54, 1.807) is 24.3 Å². The highest BCUT2D eigenvalue weighted by Gasteiger charge is 2.42. The number of nitrogens with zero attached hydrogens (tertiary/aromatic N) is 2. The fourth-order valence-electron chi connectivity index (χ4n) is 2.65. The van der Waals surface area contributed by atoms with E-state index in [9.17, 15) is 14.4 Å². The Morgan fingerprint density at radius 3 is 2.68 bits per heavy atom. The van der Waals surface area contributed by atoms with E-state index >= 15 is 0 Å². The zero-order valence-electron chi connectivity index (χ0n) is 12.7. The highest BCUT2D eigenvalue weighted by Crippen LogP contribution is 2.45. The van der Waals surface area contributed by atoms with Gasteiger partial charge in [-0.3, -0.25) is 19.3 Å². The predicted octanol–water partition coefficient (Wildman–Crippen LogP) is 2.64. The third kappa shape index (κ3) is 3.03. The number of hydrogen-bond acceptors (Lipinski definition) is 5. The number of amides is 2. The molecule has 3 rings (SSSR count). The van der Waals surface area contributed by atoms with Crippen LogP contribution in [0.25, 0.3) is 5.57 Å². The lowest BCUT2D eigenvalue weighted by Gasteiger charge is -2.14. The van der Waals surface area contributed by atoms with Crippen LogP contribution in [0.2, 0.25) is 0 Å². The van der Waals surface area contributed by atoms with Crippen LogP contribution in [-0.2, 0) is 14.4 Å². The van der Waals surface area contributed by atoms with E-state index in [0.717, 1.165) is 21.1 Å². The number of hydrogen-bond donors (Lipinski definition) is 1. The maximum absolute atomic E-state index is 12.9. The minimum Gasteiger partial charge on any atom is -0.480 e. The topological polar surface area (TPSA) is 77.9 Å². The summed E-state index contributed by atoms with van der Waals surface area (Å²) in [6, 6.07) is 5.35. The minimum absolute atomic E-state index is 0.126. The number of carboxylic acids is 1. The number of anilines is 1. The fourth-order valence-corrected chi connectivity index (χ4v) is 4.34. The number of benzene rings is 1. The SMILES string of the molecule is C=CCN1C(=O)/C(=C2/SC(=S)N(CC(=O)O)C2=O)c2cc(Br)ccc21. The van der Waals surface area contributed by atoms with Gasteiger partial charge in [-0.15, -0.1) is 6.58 Å². The van der Waals surface area contributed by atoms with E-state index in [4.69, 9.17) is 17.3 Å². The number of carboxylic acid groups (broad SMARTS) is 1. The van der Waals surface area contributed by atoms with Gasteiger partial charge in [-0.1, -0.05) is 46.0 Å². The number of fused-ring (bicyclic) bond motifs is 1. The molecule has 0 spiro atoms. The normalized spacial score (nSPS) is 19.6. The van der Waals surface area contributed by atoms with Crippen molar-refractivity contribution in [3.05, 3.63) is 45.8 Å². The molecule has 0 aliphatic carbocycles. The maximum Gasteiger partial charge on any atom is 0.323 e. The third-order valence-electron chi connectivity index (χ3n) is 3.66. The molecule has 2 amide bonds. The molecule has 2 aliphatic rings. The summed E-state index contributed by atoms with van der Waals surface area (Å²) < 4.78 is 0.888. The predicted molar refractivity (Wildman–Crippen MR) is 103 cm³/mol. The molecule has 6 nitrogen and oxygen atoms in total. The first-order valence-corrected chi connectivity index (χ1v) is 9.09. The van der Waals surface area contributed by atoms with E-state index in [1.165, 1.54) is 4.90 Å². The number of carbonyl (C=O) groups is 3. The van der Waals surface area contributed by atoms with Crippen molar-refractivity contribution in [2.24, 2.45) is 0 Å². The Kier molecular flexibility index (Phi) is 4.81. The number of thioether (sulfide) groups is 1. The molecule has 1 aromatic rings. The highest BCUT2D eigenvalue weighted by atomic mass is 79.9. The van der Waals surface area contributed by atoms with Crippen molar-refractivity contribution in [1.29, 1.82) is 0 Å². The average molecular weight is 439 g/mol. The first-order valence-electron chi connectivity index (χ1n) is 7.07. The van der Waals surface area contributed by atoms with Crippen LogP contribution in [0.5, 0.6) is 0 Å². The molecule has 0 atom stereocenters. The molecule has 1 saturated heterocycles. The first kappa shape index (κ1) is 17.8. The van der Waals surface area contributed by atoms with Crippen molar-refractivity contribution in [3.8, 4) is 0 Å². The first-order chi connectivity index (χ1) is 11.8. The molecule has 2 aliphatic heterocycles. The summed E-state index contributed by atoms with van der Waals surface area (Å²) >= 11 is 9.44. The van der Waals surface area contributed by atoms with Crippen molar-refractivity contribution in [1.82, 2.24) is 4.90 Å². The van der Waals surface area contributed by atoms with Crippen LogP contribution < -0.4 is 4.90 Å². The van der Waals surface area contributed by atoms with Gasteiger partial charge in [0.05, 0.1) is 16.2 Å². The lowest BCUT2D eigenvalue weighted by molar-refractivity contribution is -0.140. The molecule has 1 aromatic carbocycles. The second kappa shape index (κ2) is 6.74. The highest BCUT2D eigenvalue weighted by molar-refractivity contribution is 9.10. The van der Waals surface area contributed by atoms with E-state index in [0.29, 0.717) is 17.8 Å².